The average Bonchev–Trinajstić information content (AvgIpc) is 2.91. The zero-order valence-electron chi connectivity index (χ0n) is 8.10. The number of nitrogens with zero attached hydrogens (tertiary/aromatic N) is 3. The zero-order valence-corrected chi connectivity index (χ0v) is 8.91. The van der Waals surface area contributed by atoms with Crippen LogP contribution in [0.15, 0.2) is 11.1 Å². The van der Waals surface area contributed by atoms with Gasteiger partial charge in [-0.2, -0.15) is 9.36 Å². The lowest BCUT2D eigenvalue weighted by Crippen LogP contribution is -1.86. The second-order valence-electron chi connectivity index (χ2n) is 2.24. The molecular weight excluding hydrogens is 197 g/mol. The van der Waals surface area contributed by atoms with Gasteiger partial charge < -0.3 is 4.74 Å². The molecule has 6 heteroatoms. The van der Waals surface area contributed by atoms with E-state index in [1.165, 1.54) is 18.4 Å². The van der Waals surface area contributed by atoms with Gasteiger partial charge in [0.15, 0.2) is 5.82 Å². The van der Waals surface area contributed by atoms with Gasteiger partial charge in [0.05, 0.1) is 21.5 Å². The van der Waals surface area contributed by atoms with Gasteiger partial charge in [0.1, 0.15) is 0 Å². The molecule has 14 heavy (non-hydrogen) atoms. The topological polar surface area (TPSA) is 47.4 Å². The number of allylic oxidation sites excluding steroid dienone is 1. The first-order valence-corrected chi connectivity index (χ1v) is 4.83. The third-order valence-electron chi connectivity index (χ3n) is 1.49. The molecule has 0 saturated carbocycles. The van der Waals surface area contributed by atoms with Gasteiger partial charge in [0.2, 0.25) is 0 Å². The number of methoxy groups -OCH3 is 1. The van der Waals surface area contributed by atoms with Crippen molar-refractivity contribution in [3.05, 3.63) is 11.9 Å². The lowest BCUT2D eigenvalue weighted by molar-refractivity contribution is 0.411. The van der Waals surface area contributed by atoms with Crippen molar-refractivity contribution in [3.8, 4) is 5.19 Å². The van der Waals surface area contributed by atoms with Gasteiger partial charge in [-0.05, 0) is 0 Å². The van der Waals surface area contributed by atoms with Crippen molar-refractivity contribution < 1.29 is 4.74 Å². The highest BCUT2D eigenvalue weighted by Gasteiger charge is 2.09. The Morgan fingerprint density at radius 2 is 2.29 bits per heavy atom. The smallest absolute Gasteiger partial charge is 0.293 e. The van der Waals surface area contributed by atoms with Crippen LogP contribution < -0.4 is 4.74 Å². The summed E-state index contributed by atoms with van der Waals surface area (Å²) in [5, 5.41) is 0.589. The first kappa shape index (κ1) is 10.9. The van der Waals surface area contributed by atoms with Gasteiger partial charge in [0, 0.05) is 23.3 Å². The van der Waals surface area contributed by atoms with Crippen molar-refractivity contribution in [2.24, 2.45) is 4.99 Å². The molecular formula is C8H10BN3OS. The van der Waals surface area contributed by atoms with Crippen LogP contribution in [0, 0.1) is 0 Å². The summed E-state index contributed by atoms with van der Waals surface area (Å²) in [7, 11) is 6.08. The summed E-state index contributed by atoms with van der Waals surface area (Å²) in [6.45, 7) is 2.23. The molecule has 0 N–H and O–H groups in total. The van der Waals surface area contributed by atoms with Crippen molar-refractivity contribution in [3.63, 3.8) is 0 Å². The minimum atomic E-state index is 0.589. The normalized spacial score (nSPS) is 13.1. The molecule has 0 saturated heterocycles. The summed E-state index contributed by atoms with van der Waals surface area (Å²) in [5.41, 5.74) is 0.981. The maximum atomic E-state index is 4.93. The van der Waals surface area contributed by atoms with E-state index in [0.717, 1.165) is 12.1 Å². The van der Waals surface area contributed by atoms with Crippen LogP contribution in [0.5, 0.6) is 5.19 Å². The maximum absolute atomic E-state index is 4.93. The van der Waals surface area contributed by atoms with Crippen LogP contribution in [0.1, 0.15) is 5.82 Å². The monoisotopic (exact) mass is 207 g/mol. The quantitative estimate of drug-likeness (QED) is 0.685. The van der Waals surface area contributed by atoms with Crippen LogP contribution in [0.2, 0.25) is 6.82 Å². The molecule has 72 valence electrons. The number of ether oxygens (including phenoxy) is 1. The predicted octanol–water partition coefficient (Wildman–Crippen LogP) is 1.22. The SMILES string of the molecule is COc1nc(C2=CCN=C2)ns1.[B]C. The van der Waals surface area contributed by atoms with E-state index < -0.39 is 0 Å². The first-order valence-electron chi connectivity index (χ1n) is 4.06. The molecule has 1 aromatic heterocycles. The fourth-order valence-electron chi connectivity index (χ4n) is 0.914. The number of aliphatic imine (C=N–C) groups is 1. The highest BCUT2D eigenvalue weighted by Crippen LogP contribution is 2.19. The Balaban J connectivity index is 0.000000461. The van der Waals surface area contributed by atoms with E-state index in [1.807, 2.05) is 6.08 Å². The average molecular weight is 207 g/mol. The minimum Gasteiger partial charge on any atom is -0.472 e. The maximum Gasteiger partial charge on any atom is 0.293 e. The van der Waals surface area contributed by atoms with Gasteiger partial charge in [-0.15, -0.1) is 0 Å². The molecule has 1 aliphatic rings. The molecule has 2 rings (SSSR count). The number of hydrogen-bond acceptors (Lipinski definition) is 5. The summed E-state index contributed by atoms with van der Waals surface area (Å²) in [6, 6.07) is 0. The second-order valence-corrected chi connectivity index (χ2v) is 2.96. The van der Waals surface area contributed by atoms with Gasteiger partial charge in [-0.25, -0.2) is 0 Å². The van der Waals surface area contributed by atoms with Crippen molar-refractivity contribution >= 4 is 31.2 Å². The number of rotatable bonds is 2. The molecule has 0 aliphatic carbocycles. The summed E-state index contributed by atoms with van der Waals surface area (Å²) < 4.78 is 9.04. The Hall–Kier alpha value is -1.17. The largest absolute Gasteiger partial charge is 0.472 e. The Morgan fingerprint density at radius 3 is 2.79 bits per heavy atom. The molecule has 0 fully saturated rings. The predicted molar refractivity (Wildman–Crippen MR) is 59.4 cm³/mol. The van der Waals surface area contributed by atoms with E-state index in [1.54, 1.807) is 13.3 Å². The third-order valence-corrected chi connectivity index (χ3v) is 2.17. The molecule has 0 amide bonds. The Kier molecular flexibility index (Phi) is 4.32. The van der Waals surface area contributed by atoms with Crippen LogP contribution >= 0.6 is 11.5 Å². The van der Waals surface area contributed by atoms with Crippen molar-refractivity contribution in [1.82, 2.24) is 9.36 Å². The molecule has 0 atom stereocenters. The molecule has 2 heterocycles. The Labute approximate surface area is 88.3 Å². The van der Waals surface area contributed by atoms with E-state index in [4.69, 9.17) is 4.74 Å². The summed E-state index contributed by atoms with van der Waals surface area (Å²) in [5.74, 6) is 0.707. The van der Waals surface area contributed by atoms with Gasteiger partial charge in [-0.1, -0.05) is 12.9 Å². The standard InChI is InChI=1S/C7H7N3OS.CH3B/c1-11-7-9-6(10-12-7)5-2-3-8-4-5;1-2/h2,4H,3H2,1H3;1H3. The van der Waals surface area contributed by atoms with Gasteiger partial charge >= 0.3 is 0 Å². The van der Waals surface area contributed by atoms with Gasteiger partial charge in [-0.3, -0.25) is 4.99 Å². The second kappa shape index (κ2) is 5.54. The van der Waals surface area contributed by atoms with E-state index in [0.29, 0.717) is 11.0 Å². The highest BCUT2D eigenvalue weighted by molar-refractivity contribution is 7.07. The summed E-state index contributed by atoms with van der Waals surface area (Å²) in [6.07, 6.45) is 3.77. The molecule has 1 aromatic rings. The van der Waals surface area contributed by atoms with Crippen LogP contribution in [0.25, 0.3) is 5.57 Å². The fourth-order valence-corrected chi connectivity index (χ4v) is 1.43. The fraction of sp³-hybridized carbons (Fsp3) is 0.375. The Bertz CT molecular complexity index is 348. The van der Waals surface area contributed by atoms with E-state index in [2.05, 4.69) is 22.2 Å². The van der Waals surface area contributed by atoms with E-state index in [9.17, 15) is 0 Å². The van der Waals surface area contributed by atoms with Gasteiger partial charge in [0.25, 0.3) is 5.19 Å². The van der Waals surface area contributed by atoms with Crippen LogP contribution in [-0.4, -0.2) is 37.1 Å². The molecule has 4 nitrogen and oxygen atoms in total. The zero-order chi connectivity index (χ0) is 10.4. The molecule has 2 radical (unpaired) electrons. The van der Waals surface area contributed by atoms with Crippen molar-refractivity contribution in [2.45, 2.75) is 6.82 Å². The number of hydrogen-bond donors (Lipinski definition) is 0. The minimum absolute atomic E-state index is 0.589. The van der Waals surface area contributed by atoms with Crippen LogP contribution in [0.3, 0.4) is 0 Å². The summed E-state index contributed by atoms with van der Waals surface area (Å²) in [4.78, 5) is 8.18. The van der Waals surface area contributed by atoms with Crippen molar-refractivity contribution in [1.29, 1.82) is 0 Å². The van der Waals surface area contributed by atoms with Crippen LogP contribution in [-0.2, 0) is 0 Å². The highest BCUT2D eigenvalue weighted by atomic mass is 32.1. The molecule has 0 unspecified atom stereocenters. The molecule has 0 aromatic carbocycles. The molecule has 0 bridgehead atoms. The first-order chi connectivity index (χ1) is 6.90. The number of aromatic nitrogens is 2. The van der Waals surface area contributed by atoms with Crippen LogP contribution in [0.4, 0.5) is 0 Å². The van der Waals surface area contributed by atoms with E-state index >= 15 is 0 Å². The Morgan fingerprint density at radius 1 is 1.50 bits per heavy atom. The summed E-state index contributed by atoms with van der Waals surface area (Å²) >= 11 is 1.25. The van der Waals surface area contributed by atoms with E-state index in [-0.39, 0.29) is 0 Å². The molecule has 0 spiro atoms. The molecule has 1 aliphatic heterocycles. The third kappa shape index (κ3) is 2.41. The lowest BCUT2D eigenvalue weighted by atomic mass is 10.2. The lowest BCUT2D eigenvalue weighted by Gasteiger charge is -1.87. The van der Waals surface area contributed by atoms with Crippen molar-refractivity contribution in [2.75, 3.05) is 13.7 Å².